The zero-order valence-corrected chi connectivity index (χ0v) is 19.4. The molecule has 182 valence electrons. The molecule has 1 saturated carbocycles. The first kappa shape index (κ1) is 22.1. The number of benzene rings is 2. The van der Waals surface area contributed by atoms with Crippen molar-refractivity contribution in [1.29, 1.82) is 0 Å². The van der Waals surface area contributed by atoms with Gasteiger partial charge in [0.1, 0.15) is 5.54 Å². The number of rotatable bonds is 3. The Hall–Kier alpha value is -3.39. The van der Waals surface area contributed by atoms with E-state index in [1.165, 1.54) is 17.0 Å². The van der Waals surface area contributed by atoms with E-state index in [-0.39, 0.29) is 35.3 Å². The van der Waals surface area contributed by atoms with Gasteiger partial charge in [-0.2, -0.15) is 0 Å². The number of anilines is 1. The van der Waals surface area contributed by atoms with Crippen LogP contribution in [0.2, 0.25) is 0 Å². The van der Waals surface area contributed by atoms with E-state index in [1.54, 1.807) is 6.07 Å². The maximum atomic E-state index is 14.0. The van der Waals surface area contributed by atoms with Crippen LogP contribution < -0.4 is 10.6 Å². The molecule has 1 aliphatic carbocycles. The minimum atomic E-state index is -1.32. The molecule has 1 spiro atoms. The number of carbonyl (C=O) groups is 3. The van der Waals surface area contributed by atoms with Crippen molar-refractivity contribution in [2.45, 2.75) is 62.6 Å². The van der Waals surface area contributed by atoms with Crippen LogP contribution in [0.3, 0.4) is 0 Å². The van der Waals surface area contributed by atoms with Crippen molar-refractivity contribution in [1.82, 2.24) is 10.2 Å². The molecular weight excluding hydrogens is 446 g/mol. The molecule has 4 atom stereocenters. The van der Waals surface area contributed by atoms with Gasteiger partial charge in [0.05, 0.1) is 11.8 Å². The van der Waals surface area contributed by atoms with E-state index in [2.05, 4.69) is 10.6 Å². The highest BCUT2D eigenvalue weighted by Crippen LogP contribution is 2.54. The number of amides is 3. The van der Waals surface area contributed by atoms with Crippen molar-refractivity contribution in [2.75, 3.05) is 5.32 Å². The molecule has 3 heterocycles. The Bertz CT molecular complexity index is 1220. The van der Waals surface area contributed by atoms with Crippen LogP contribution in [0.1, 0.15) is 49.7 Å². The summed E-state index contributed by atoms with van der Waals surface area (Å²) in [5, 5.41) is 26.1. The number of phenolic OH excluding ortho intramolecular Hbond substituents is 2. The van der Waals surface area contributed by atoms with Crippen LogP contribution in [0, 0.1) is 11.8 Å². The molecule has 3 aliphatic heterocycles. The minimum Gasteiger partial charge on any atom is -0.504 e. The highest BCUT2D eigenvalue weighted by Gasteiger charge is 2.70. The lowest BCUT2D eigenvalue weighted by molar-refractivity contribution is -0.145. The molecule has 35 heavy (non-hydrogen) atoms. The SMILES string of the molecule is O=C1[C@@H]2[C@H](Cc3ccc(O)c(O)c3)N[C@]3(C(=O)Nc4ccccc43)[C@@H]2C(=O)N1C1CCCCCC1. The number of fused-ring (bicyclic) bond motifs is 4. The molecule has 2 aromatic rings. The molecule has 8 nitrogen and oxygen atoms in total. The van der Waals surface area contributed by atoms with Crippen LogP contribution in [-0.2, 0) is 26.3 Å². The summed E-state index contributed by atoms with van der Waals surface area (Å²) in [5.74, 6) is -2.78. The number of aromatic hydroxyl groups is 2. The van der Waals surface area contributed by atoms with E-state index >= 15 is 0 Å². The molecule has 4 N–H and O–H groups in total. The molecule has 8 heteroatoms. The lowest BCUT2D eigenvalue weighted by Crippen LogP contribution is -2.54. The summed E-state index contributed by atoms with van der Waals surface area (Å²) in [6.07, 6.45) is 6.11. The van der Waals surface area contributed by atoms with Gasteiger partial charge in [-0.15, -0.1) is 0 Å². The molecule has 3 amide bonds. The van der Waals surface area contributed by atoms with E-state index in [4.69, 9.17) is 0 Å². The average Bonchev–Trinajstić information content (AvgIpc) is 3.30. The second-order valence-electron chi connectivity index (χ2n) is 10.3. The van der Waals surface area contributed by atoms with Gasteiger partial charge >= 0.3 is 0 Å². The quantitative estimate of drug-likeness (QED) is 0.308. The molecule has 4 aliphatic rings. The fraction of sp³-hybridized carbons (Fsp3) is 0.444. The molecule has 0 bridgehead atoms. The van der Waals surface area contributed by atoms with Gasteiger partial charge < -0.3 is 15.5 Å². The third kappa shape index (κ3) is 3.19. The zero-order chi connectivity index (χ0) is 24.3. The molecule has 2 aromatic carbocycles. The Kier molecular flexibility index (Phi) is 5.11. The maximum absolute atomic E-state index is 14.0. The Morgan fingerprint density at radius 2 is 1.66 bits per heavy atom. The predicted molar refractivity (Wildman–Crippen MR) is 127 cm³/mol. The van der Waals surface area contributed by atoms with E-state index in [1.807, 2.05) is 24.3 Å². The van der Waals surface area contributed by atoms with Crippen LogP contribution >= 0.6 is 0 Å². The summed E-state index contributed by atoms with van der Waals surface area (Å²) in [4.78, 5) is 43.0. The fourth-order valence-corrected chi connectivity index (χ4v) is 6.78. The molecule has 0 radical (unpaired) electrons. The number of carbonyl (C=O) groups excluding carboxylic acids is 3. The predicted octanol–water partition coefficient (Wildman–Crippen LogP) is 2.78. The van der Waals surface area contributed by atoms with Crippen molar-refractivity contribution < 1.29 is 24.6 Å². The maximum Gasteiger partial charge on any atom is 0.250 e. The van der Waals surface area contributed by atoms with Crippen LogP contribution in [0.25, 0.3) is 0 Å². The number of nitrogens with zero attached hydrogens (tertiary/aromatic N) is 1. The van der Waals surface area contributed by atoms with Crippen molar-refractivity contribution in [2.24, 2.45) is 11.8 Å². The molecule has 0 unspecified atom stereocenters. The Morgan fingerprint density at radius 3 is 2.40 bits per heavy atom. The van der Waals surface area contributed by atoms with Crippen LogP contribution in [0.15, 0.2) is 42.5 Å². The molecule has 2 saturated heterocycles. The van der Waals surface area contributed by atoms with Crippen molar-refractivity contribution in [3.05, 3.63) is 53.6 Å². The zero-order valence-electron chi connectivity index (χ0n) is 19.4. The van der Waals surface area contributed by atoms with Crippen molar-refractivity contribution in [3.8, 4) is 11.5 Å². The van der Waals surface area contributed by atoms with E-state index < -0.39 is 23.4 Å². The summed E-state index contributed by atoms with van der Waals surface area (Å²) in [6, 6.07) is 11.3. The fourth-order valence-electron chi connectivity index (χ4n) is 6.78. The number of hydrogen-bond acceptors (Lipinski definition) is 6. The first-order valence-electron chi connectivity index (χ1n) is 12.5. The van der Waals surface area contributed by atoms with Gasteiger partial charge in [-0.3, -0.25) is 24.6 Å². The normalized spacial score (nSPS) is 30.5. The molecule has 3 fully saturated rings. The van der Waals surface area contributed by atoms with Gasteiger partial charge in [0.2, 0.25) is 17.7 Å². The van der Waals surface area contributed by atoms with E-state index in [0.29, 0.717) is 23.2 Å². The highest BCUT2D eigenvalue weighted by molar-refractivity contribution is 6.15. The van der Waals surface area contributed by atoms with Gasteiger partial charge in [0, 0.05) is 23.3 Å². The lowest BCUT2D eigenvalue weighted by Gasteiger charge is -2.32. The minimum absolute atomic E-state index is 0.127. The van der Waals surface area contributed by atoms with Crippen LogP contribution in [0.4, 0.5) is 5.69 Å². The van der Waals surface area contributed by atoms with Gasteiger partial charge in [0.25, 0.3) is 0 Å². The van der Waals surface area contributed by atoms with E-state index in [9.17, 15) is 24.6 Å². The van der Waals surface area contributed by atoms with Crippen molar-refractivity contribution in [3.63, 3.8) is 0 Å². The second-order valence-corrected chi connectivity index (χ2v) is 10.3. The van der Waals surface area contributed by atoms with Gasteiger partial charge in [-0.05, 0) is 43.0 Å². The highest BCUT2D eigenvalue weighted by atomic mass is 16.3. The molecule has 6 rings (SSSR count). The van der Waals surface area contributed by atoms with Crippen LogP contribution in [-0.4, -0.2) is 44.9 Å². The van der Waals surface area contributed by atoms with Crippen molar-refractivity contribution >= 4 is 23.4 Å². The summed E-state index contributed by atoms with van der Waals surface area (Å²) in [7, 11) is 0. The number of phenols is 2. The number of nitrogens with one attached hydrogen (secondary N) is 2. The topological polar surface area (TPSA) is 119 Å². The smallest absolute Gasteiger partial charge is 0.250 e. The van der Waals surface area contributed by atoms with Crippen LogP contribution in [0.5, 0.6) is 11.5 Å². The first-order chi connectivity index (χ1) is 16.9. The van der Waals surface area contributed by atoms with E-state index in [0.717, 1.165) is 38.5 Å². The standard InChI is InChI=1S/C27H29N3O5/c31-20-12-11-15(14-21(20)32)13-19-22-23(25(34)30(24(22)33)16-7-3-1-2-4-8-16)27(29-19)17-9-5-6-10-18(17)28-26(27)35/h5-6,9-12,14,16,19,22-23,29,31-32H,1-4,7-8,13H2,(H,28,35)/t19-,22+,23-,27-/m0/s1. The molecule has 0 aromatic heterocycles. The average molecular weight is 476 g/mol. The summed E-state index contributed by atoms with van der Waals surface area (Å²) >= 11 is 0. The third-order valence-corrected chi connectivity index (χ3v) is 8.34. The van der Waals surface area contributed by atoms with Gasteiger partial charge in [-0.25, -0.2) is 0 Å². The largest absolute Gasteiger partial charge is 0.504 e. The Labute approximate surface area is 203 Å². The summed E-state index contributed by atoms with van der Waals surface area (Å²) in [6.45, 7) is 0. The first-order valence-corrected chi connectivity index (χ1v) is 12.5. The Balaban J connectivity index is 1.44. The summed E-state index contributed by atoms with van der Waals surface area (Å²) in [5.41, 5.74) is 0.727. The monoisotopic (exact) mass is 475 g/mol. The summed E-state index contributed by atoms with van der Waals surface area (Å²) < 4.78 is 0. The third-order valence-electron chi connectivity index (χ3n) is 8.34. The number of likely N-dealkylation sites (tertiary alicyclic amines) is 1. The van der Waals surface area contributed by atoms with Gasteiger partial charge in [0.15, 0.2) is 11.5 Å². The number of imide groups is 1. The van der Waals surface area contributed by atoms with Gasteiger partial charge in [-0.1, -0.05) is 49.9 Å². The number of hydrogen-bond donors (Lipinski definition) is 4. The number of para-hydroxylation sites is 1. The Morgan fingerprint density at radius 1 is 0.914 bits per heavy atom. The lowest BCUT2D eigenvalue weighted by atomic mass is 9.76. The molecular formula is C27H29N3O5. The second kappa shape index (κ2) is 8.09.